The third-order valence-electron chi connectivity index (χ3n) is 6.76. The van der Waals surface area contributed by atoms with Gasteiger partial charge in [-0.3, -0.25) is 9.59 Å². The van der Waals surface area contributed by atoms with Gasteiger partial charge in [0.2, 0.25) is 11.8 Å². The van der Waals surface area contributed by atoms with Crippen molar-refractivity contribution in [1.29, 1.82) is 0 Å². The lowest BCUT2D eigenvalue weighted by atomic mass is 9.93. The van der Waals surface area contributed by atoms with E-state index in [0.717, 1.165) is 65.2 Å². The molecule has 3 rings (SSSR count). The van der Waals surface area contributed by atoms with E-state index >= 15 is 0 Å². The minimum Gasteiger partial charge on any atom is -0.353 e. The molecule has 29 heavy (non-hydrogen) atoms. The molecule has 2 saturated heterocycles. The van der Waals surface area contributed by atoms with E-state index < -0.39 is 0 Å². The summed E-state index contributed by atoms with van der Waals surface area (Å²) in [6, 6.07) is 0.238. The number of carbonyl (C=O) groups is 2. The Morgan fingerprint density at radius 1 is 1.00 bits per heavy atom. The van der Waals surface area contributed by atoms with Crippen LogP contribution in [0, 0.1) is 17.3 Å². The van der Waals surface area contributed by atoms with E-state index in [0.29, 0.717) is 24.2 Å². The van der Waals surface area contributed by atoms with Crippen LogP contribution in [0.3, 0.4) is 0 Å². The van der Waals surface area contributed by atoms with Crippen molar-refractivity contribution in [2.45, 2.75) is 66.8 Å². The highest BCUT2D eigenvalue weighted by molar-refractivity contribution is 5.81. The molecular formula is C23H46N4O2. The molecule has 2 amide bonds. The first-order chi connectivity index (χ1) is 13.8. The smallest absolute Gasteiger partial charge is 0.225 e. The number of nitrogens with one attached hydrogen (secondary N) is 1. The van der Waals surface area contributed by atoms with Crippen molar-refractivity contribution >= 4 is 11.8 Å². The molecule has 0 spiro atoms. The Labute approximate surface area is 179 Å². The minimum atomic E-state index is -0.353. The van der Waals surface area contributed by atoms with E-state index in [1.165, 1.54) is 0 Å². The van der Waals surface area contributed by atoms with Gasteiger partial charge in [-0.05, 0) is 25.3 Å². The highest BCUT2D eigenvalue weighted by Crippen LogP contribution is 2.38. The zero-order valence-electron chi connectivity index (χ0n) is 19.7. The molecular weight excluding hydrogens is 364 g/mol. The fourth-order valence-corrected chi connectivity index (χ4v) is 4.77. The van der Waals surface area contributed by atoms with Crippen LogP contribution >= 0.6 is 0 Å². The van der Waals surface area contributed by atoms with Crippen LogP contribution in [0.25, 0.3) is 0 Å². The first-order valence-electron chi connectivity index (χ1n) is 11.8. The lowest BCUT2D eigenvalue weighted by molar-refractivity contribution is -0.130. The molecule has 3 atom stereocenters. The summed E-state index contributed by atoms with van der Waals surface area (Å²) in [5, 5.41) is 3.25. The second-order valence-electron chi connectivity index (χ2n) is 9.66. The van der Waals surface area contributed by atoms with Crippen molar-refractivity contribution in [1.82, 2.24) is 20.0 Å². The van der Waals surface area contributed by atoms with E-state index in [9.17, 15) is 9.59 Å². The van der Waals surface area contributed by atoms with Crippen molar-refractivity contribution < 1.29 is 11.0 Å². The molecule has 2 heterocycles. The molecule has 0 radical (unpaired) electrons. The van der Waals surface area contributed by atoms with Crippen LogP contribution in [-0.2, 0) is 9.59 Å². The van der Waals surface area contributed by atoms with Crippen molar-refractivity contribution in [2.75, 3.05) is 52.4 Å². The van der Waals surface area contributed by atoms with Gasteiger partial charge in [0.15, 0.2) is 0 Å². The molecule has 170 valence electrons. The highest BCUT2D eigenvalue weighted by Gasteiger charge is 2.45. The normalized spacial score (nSPS) is 27.9. The van der Waals surface area contributed by atoms with Crippen LogP contribution in [0.4, 0.5) is 0 Å². The number of amides is 2. The van der Waals surface area contributed by atoms with Gasteiger partial charge < -0.3 is 20.0 Å². The SMILES string of the molecule is CC.CCN1CCN(CCC(=O)N2CC3CCC(NC(=O)C(C)(C)C)C3C2)CC1.[HH]. The quantitative estimate of drug-likeness (QED) is 0.757. The molecule has 0 bridgehead atoms. The second-order valence-corrected chi connectivity index (χ2v) is 9.66. The maximum Gasteiger partial charge on any atom is 0.225 e. The number of carbonyl (C=O) groups excluding carboxylic acids is 2. The van der Waals surface area contributed by atoms with Crippen LogP contribution in [0.2, 0.25) is 0 Å². The molecule has 1 aliphatic carbocycles. The lowest BCUT2D eigenvalue weighted by Crippen LogP contribution is -2.47. The molecule has 1 N–H and O–H groups in total. The number of fused-ring (bicyclic) bond motifs is 1. The Morgan fingerprint density at radius 2 is 1.62 bits per heavy atom. The van der Waals surface area contributed by atoms with Gasteiger partial charge in [0.05, 0.1) is 0 Å². The summed E-state index contributed by atoms with van der Waals surface area (Å²) in [4.78, 5) is 32.0. The average molecular weight is 411 g/mol. The van der Waals surface area contributed by atoms with Crippen molar-refractivity contribution in [2.24, 2.45) is 17.3 Å². The molecule has 3 unspecified atom stereocenters. The van der Waals surface area contributed by atoms with E-state index in [-0.39, 0.29) is 18.8 Å². The average Bonchev–Trinajstić information content (AvgIpc) is 3.29. The fraction of sp³-hybridized carbons (Fsp3) is 0.913. The predicted octanol–water partition coefficient (Wildman–Crippen LogP) is 2.69. The molecule has 1 saturated carbocycles. The van der Waals surface area contributed by atoms with Gasteiger partial charge in [-0.2, -0.15) is 0 Å². The number of nitrogens with zero attached hydrogens (tertiary/aromatic N) is 3. The van der Waals surface area contributed by atoms with Crippen LogP contribution < -0.4 is 5.32 Å². The van der Waals surface area contributed by atoms with Gasteiger partial charge >= 0.3 is 0 Å². The molecule has 0 aromatic carbocycles. The maximum atomic E-state index is 12.7. The largest absolute Gasteiger partial charge is 0.353 e. The fourth-order valence-electron chi connectivity index (χ4n) is 4.77. The summed E-state index contributed by atoms with van der Waals surface area (Å²) >= 11 is 0. The van der Waals surface area contributed by atoms with E-state index in [4.69, 9.17) is 0 Å². The van der Waals surface area contributed by atoms with Crippen molar-refractivity contribution in [3.63, 3.8) is 0 Å². The third kappa shape index (κ3) is 6.42. The number of likely N-dealkylation sites (N-methyl/N-ethyl adjacent to an activating group) is 1. The Hall–Kier alpha value is -1.14. The van der Waals surface area contributed by atoms with E-state index in [1.54, 1.807) is 0 Å². The Bertz CT molecular complexity index is 544. The van der Waals surface area contributed by atoms with E-state index in [2.05, 4.69) is 26.9 Å². The van der Waals surface area contributed by atoms with Gasteiger partial charge in [0, 0.05) is 71.0 Å². The van der Waals surface area contributed by atoms with Crippen LogP contribution in [0.1, 0.15) is 62.2 Å². The van der Waals surface area contributed by atoms with Crippen molar-refractivity contribution in [3.8, 4) is 0 Å². The summed E-state index contributed by atoms with van der Waals surface area (Å²) in [6.07, 6.45) is 2.81. The molecule has 2 aliphatic heterocycles. The zero-order chi connectivity index (χ0) is 21.6. The Balaban J connectivity index is 0.00000146. The molecule has 3 aliphatic rings. The first-order valence-corrected chi connectivity index (χ1v) is 11.8. The van der Waals surface area contributed by atoms with Gasteiger partial charge in [-0.15, -0.1) is 0 Å². The van der Waals surface area contributed by atoms with Gasteiger partial charge in [-0.1, -0.05) is 41.5 Å². The topological polar surface area (TPSA) is 55.9 Å². The Morgan fingerprint density at radius 3 is 2.21 bits per heavy atom. The zero-order valence-corrected chi connectivity index (χ0v) is 19.7. The highest BCUT2D eigenvalue weighted by atomic mass is 16.2. The Kier molecular flexibility index (Phi) is 8.95. The number of rotatable bonds is 5. The van der Waals surface area contributed by atoms with E-state index in [1.807, 2.05) is 34.6 Å². The molecule has 3 fully saturated rings. The lowest BCUT2D eigenvalue weighted by Gasteiger charge is -2.34. The third-order valence-corrected chi connectivity index (χ3v) is 6.76. The monoisotopic (exact) mass is 410 g/mol. The molecule has 6 heteroatoms. The summed E-state index contributed by atoms with van der Waals surface area (Å²) in [6.45, 7) is 20.2. The summed E-state index contributed by atoms with van der Waals surface area (Å²) in [5.74, 6) is 1.42. The van der Waals surface area contributed by atoms with Gasteiger partial charge in [-0.25, -0.2) is 0 Å². The number of piperazine rings is 1. The summed E-state index contributed by atoms with van der Waals surface area (Å²) in [5.41, 5.74) is -0.353. The molecule has 6 nitrogen and oxygen atoms in total. The molecule has 0 aromatic heterocycles. The molecule has 0 aromatic rings. The van der Waals surface area contributed by atoms with Crippen LogP contribution in [-0.4, -0.2) is 84.9 Å². The van der Waals surface area contributed by atoms with Crippen LogP contribution in [0.15, 0.2) is 0 Å². The predicted molar refractivity (Wildman–Crippen MR) is 121 cm³/mol. The van der Waals surface area contributed by atoms with Crippen LogP contribution in [0.5, 0.6) is 0 Å². The minimum absolute atomic E-state index is 0. The first kappa shape index (κ1) is 24.1. The van der Waals surface area contributed by atoms with Gasteiger partial charge in [0.1, 0.15) is 0 Å². The van der Waals surface area contributed by atoms with Crippen molar-refractivity contribution in [3.05, 3.63) is 0 Å². The number of likely N-dealkylation sites (tertiary alicyclic amines) is 1. The summed E-state index contributed by atoms with van der Waals surface area (Å²) < 4.78 is 0. The maximum absolute atomic E-state index is 12.7. The standard InChI is InChI=1S/C21H38N4O2.C2H6.H2/c1-5-23-10-12-24(13-11-23)9-8-19(26)25-14-16-6-7-18(17(16)15-25)22-20(27)21(2,3)4;1-2;/h16-18H,5-15H2,1-4H3,(H,22,27);1-2H3;1H. The second kappa shape index (κ2) is 10.8. The summed E-state index contributed by atoms with van der Waals surface area (Å²) in [7, 11) is 0. The number of hydrogen-bond donors (Lipinski definition) is 1. The number of hydrogen-bond acceptors (Lipinski definition) is 4. The van der Waals surface area contributed by atoms with Gasteiger partial charge in [0.25, 0.3) is 0 Å².